The smallest absolute Gasteiger partial charge is 0.158 e. The van der Waals surface area contributed by atoms with Crippen molar-refractivity contribution >= 4 is 5.78 Å². The molecule has 126 valence electrons. The largest absolute Gasteiger partial charge is 0.390 e. The number of aliphatic hydroxyl groups is 2. The Morgan fingerprint density at radius 1 is 1.13 bits per heavy atom. The topological polar surface area (TPSA) is 57.5 Å². The molecular weight excluding hydrogens is 288 g/mol. The average molecular weight is 316 g/mol. The fourth-order valence-corrected chi connectivity index (χ4v) is 6.00. The summed E-state index contributed by atoms with van der Waals surface area (Å²) in [4.78, 5) is 12.0. The van der Waals surface area contributed by atoms with Crippen LogP contribution in [0.4, 0.5) is 0 Å². The van der Waals surface area contributed by atoms with Crippen LogP contribution in [0.1, 0.15) is 52.4 Å². The Hall–Kier alpha value is -0.930. The lowest BCUT2D eigenvalue weighted by Gasteiger charge is -2.55. The quantitative estimate of drug-likeness (QED) is 0.722. The number of hydrogen-bond acceptors (Lipinski definition) is 3. The van der Waals surface area contributed by atoms with Crippen molar-refractivity contribution in [2.45, 2.75) is 64.6 Å². The van der Waals surface area contributed by atoms with E-state index in [2.05, 4.69) is 19.1 Å². The van der Waals surface area contributed by atoms with Crippen molar-refractivity contribution in [1.82, 2.24) is 0 Å². The van der Waals surface area contributed by atoms with Crippen molar-refractivity contribution in [2.24, 2.45) is 29.1 Å². The lowest BCUT2D eigenvalue weighted by Crippen LogP contribution is -2.49. The van der Waals surface area contributed by atoms with Gasteiger partial charge in [0.2, 0.25) is 0 Å². The number of ketones is 1. The summed E-state index contributed by atoms with van der Waals surface area (Å²) in [7, 11) is 0. The van der Waals surface area contributed by atoms with Crippen LogP contribution in [0.15, 0.2) is 23.3 Å². The summed E-state index contributed by atoms with van der Waals surface area (Å²) < 4.78 is 0. The number of fused-ring (bicyclic) bond motifs is 4. The van der Waals surface area contributed by atoms with E-state index >= 15 is 0 Å². The van der Waals surface area contributed by atoms with Crippen LogP contribution in [0.25, 0.3) is 0 Å². The molecule has 0 spiro atoms. The summed E-state index contributed by atoms with van der Waals surface area (Å²) in [6.07, 6.45) is 8.87. The maximum absolute atomic E-state index is 12.0. The van der Waals surface area contributed by atoms with E-state index in [0.29, 0.717) is 35.9 Å². The van der Waals surface area contributed by atoms with Crippen LogP contribution in [0.2, 0.25) is 0 Å². The highest BCUT2D eigenvalue weighted by Crippen LogP contribution is 2.58. The van der Waals surface area contributed by atoms with Gasteiger partial charge < -0.3 is 10.2 Å². The zero-order valence-electron chi connectivity index (χ0n) is 14.2. The van der Waals surface area contributed by atoms with Gasteiger partial charge in [0.25, 0.3) is 0 Å². The van der Waals surface area contributed by atoms with Crippen molar-refractivity contribution < 1.29 is 15.0 Å². The van der Waals surface area contributed by atoms with Crippen molar-refractivity contribution in [3.8, 4) is 0 Å². The lowest BCUT2D eigenvalue weighted by molar-refractivity contribution is -0.117. The molecule has 4 aliphatic rings. The van der Waals surface area contributed by atoms with E-state index in [0.717, 1.165) is 37.7 Å². The molecule has 0 saturated heterocycles. The van der Waals surface area contributed by atoms with Gasteiger partial charge in [-0.2, -0.15) is 0 Å². The van der Waals surface area contributed by atoms with Gasteiger partial charge in [0, 0.05) is 6.42 Å². The first-order valence-electron chi connectivity index (χ1n) is 9.18. The summed E-state index contributed by atoms with van der Waals surface area (Å²) >= 11 is 0. The number of carbonyl (C=O) groups excluding carboxylic acids is 1. The SMILES string of the molecule is CC1=C2C=CC3(C)CC4CC(O)C(O)CC4CC3C2CCC1=O. The molecule has 2 N–H and O–H groups in total. The molecule has 2 fully saturated rings. The first kappa shape index (κ1) is 15.6. The summed E-state index contributed by atoms with van der Waals surface area (Å²) in [6.45, 7) is 4.35. The Labute approximate surface area is 138 Å². The Morgan fingerprint density at radius 3 is 2.57 bits per heavy atom. The molecule has 0 amide bonds. The highest BCUT2D eigenvalue weighted by molar-refractivity contribution is 5.97. The fourth-order valence-electron chi connectivity index (χ4n) is 6.00. The monoisotopic (exact) mass is 316 g/mol. The minimum Gasteiger partial charge on any atom is -0.390 e. The van der Waals surface area contributed by atoms with Gasteiger partial charge in [0.1, 0.15) is 0 Å². The van der Waals surface area contributed by atoms with Crippen LogP contribution >= 0.6 is 0 Å². The minimum absolute atomic E-state index is 0.179. The first-order chi connectivity index (χ1) is 10.9. The fraction of sp³-hybridized carbons (Fsp3) is 0.750. The summed E-state index contributed by atoms with van der Waals surface area (Å²) in [5, 5.41) is 20.1. The molecule has 3 heteroatoms. The Balaban J connectivity index is 1.67. The highest BCUT2D eigenvalue weighted by atomic mass is 16.3. The van der Waals surface area contributed by atoms with Gasteiger partial charge in [-0.25, -0.2) is 0 Å². The molecule has 4 aliphatic carbocycles. The van der Waals surface area contributed by atoms with Crippen molar-refractivity contribution in [1.29, 1.82) is 0 Å². The molecule has 0 radical (unpaired) electrons. The van der Waals surface area contributed by atoms with Crippen LogP contribution in [-0.4, -0.2) is 28.2 Å². The van der Waals surface area contributed by atoms with Crippen LogP contribution in [0, 0.1) is 29.1 Å². The molecular formula is C20H28O3. The Bertz CT molecular complexity index is 590. The summed E-state index contributed by atoms with van der Waals surface area (Å²) in [6, 6.07) is 0. The van der Waals surface area contributed by atoms with Crippen molar-refractivity contribution in [3.05, 3.63) is 23.3 Å². The second kappa shape index (κ2) is 5.29. The molecule has 23 heavy (non-hydrogen) atoms. The molecule has 0 aliphatic heterocycles. The zero-order valence-corrected chi connectivity index (χ0v) is 14.2. The zero-order chi connectivity index (χ0) is 16.4. The van der Waals surface area contributed by atoms with Gasteiger partial charge in [0.15, 0.2) is 5.78 Å². The van der Waals surface area contributed by atoms with Crippen LogP contribution in [0.3, 0.4) is 0 Å². The second-order valence-electron chi connectivity index (χ2n) is 8.66. The van der Waals surface area contributed by atoms with Crippen LogP contribution < -0.4 is 0 Å². The number of Topliss-reactive ketones (excluding diaryl/α,β-unsaturated/α-hetero) is 1. The van der Waals surface area contributed by atoms with E-state index in [1.807, 2.05) is 6.92 Å². The molecule has 0 aromatic heterocycles. The molecule has 2 saturated carbocycles. The maximum Gasteiger partial charge on any atom is 0.158 e. The van der Waals surface area contributed by atoms with Gasteiger partial charge in [0.05, 0.1) is 12.2 Å². The van der Waals surface area contributed by atoms with E-state index in [1.54, 1.807) is 0 Å². The minimum atomic E-state index is -0.551. The standard InChI is InChI=1S/C20H28O3/c1-11-14-5-6-20(2)10-13-9-19(23)18(22)8-12(13)7-16(20)15(14)3-4-17(11)21/h5-6,12-13,15-16,18-19,22-23H,3-4,7-10H2,1-2H3. The number of aliphatic hydroxyl groups excluding tert-OH is 2. The van der Waals surface area contributed by atoms with Crippen molar-refractivity contribution in [2.75, 3.05) is 0 Å². The summed E-state index contributed by atoms with van der Waals surface area (Å²) in [5.41, 5.74) is 2.43. The molecule has 0 aromatic rings. The van der Waals surface area contributed by atoms with Gasteiger partial charge in [-0.15, -0.1) is 0 Å². The predicted octanol–water partition coefficient (Wildman–Crippen LogP) is 3.02. The number of allylic oxidation sites excluding steroid dienone is 4. The average Bonchev–Trinajstić information content (AvgIpc) is 2.50. The lowest BCUT2D eigenvalue weighted by atomic mass is 9.50. The molecule has 0 bridgehead atoms. The predicted molar refractivity (Wildman–Crippen MR) is 88.6 cm³/mol. The molecule has 0 aromatic carbocycles. The van der Waals surface area contributed by atoms with E-state index < -0.39 is 12.2 Å². The highest BCUT2D eigenvalue weighted by Gasteiger charge is 2.51. The number of carbonyl (C=O) groups is 1. The van der Waals surface area contributed by atoms with E-state index in [-0.39, 0.29) is 5.41 Å². The second-order valence-corrected chi connectivity index (χ2v) is 8.66. The third-order valence-corrected chi connectivity index (χ3v) is 7.37. The van der Waals surface area contributed by atoms with Crippen LogP contribution in [-0.2, 0) is 4.79 Å². The maximum atomic E-state index is 12.0. The molecule has 7 atom stereocenters. The van der Waals surface area contributed by atoms with E-state index in [4.69, 9.17) is 0 Å². The van der Waals surface area contributed by atoms with E-state index in [1.165, 1.54) is 5.57 Å². The van der Waals surface area contributed by atoms with Gasteiger partial charge in [-0.1, -0.05) is 19.1 Å². The van der Waals surface area contributed by atoms with E-state index in [9.17, 15) is 15.0 Å². The molecule has 7 unspecified atom stereocenters. The molecule has 4 rings (SSSR count). The Morgan fingerprint density at radius 2 is 1.83 bits per heavy atom. The van der Waals surface area contributed by atoms with Crippen LogP contribution in [0.5, 0.6) is 0 Å². The normalized spacial score (nSPS) is 49.5. The number of hydrogen-bond donors (Lipinski definition) is 2. The Kier molecular flexibility index (Phi) is 3.58. The van der Waals surface area contributed by atoms with Gasteiger partial charge >= 0.3 is 0 Å². The molecule has 3 nitrogen and oxygen atoms in total. The molecule has 0 heterocycles. The van der Waals surface area contributed by atoms with Crippen molar-refractivity contribution in [3.63, 3.8) is 0 Å². The first-order valence-corrected chi connectivity index (χ1v) is 9.18. The summed E-state index contributed by atoms with van der Waals surface area (Å²) in [5.74, 6) is 2.45. The number of rotatable bonds is 0. The van der Waals surface area contributed by atoms with Gasteiger partial charge in [-0.3, -0.25) is 4.79 Å². The third kappa shape index (κ3) is 2.35. The van der Waals surface area contributed by atoms with Gasteiger partial charge in [-0.05, 0) is 79.3 Å². The third-order valence-electron chi connectivity index (χ3n) is 7.37.